The molecular formula is C19H21F2N3O4S. The lowest BCUT2D eigenvalue weighted by molar-refractivity contribution is 0.0170. The van der Waals surface area contributed by atoms with Crippen LogP contribution >= 0.6 is 11.3 Å². The highest BCUT2D eigenvalue weighted by Crippen LogP contribution is 2.29. The number of nitrogens with one attached hydrogen (secondary N) is 2. The summed E-state index contributed by atoms with van der Waals surface area (Å²) in [7, 11) is 0. The van der Waals surface area contributed by atoms with Gasteiger partial charge in [-0.1, -0.05) is 19.9 Å². The van der Waals surface area contributed by atoms with Crippen molar-refractivity contribution < 1.29 is 23.5 Å². The van der Waals surface area contributed by atoms with Crippen LogP contribution in [0.1, 0.15) is 29.8 Å². The standard InChI is InChI=1S/C17H15F2N3O4S.C2H6/c1-9-2-3-11(10(18)8-9)20-14-12(15(24)21-26-6-5-23)17-22(4-7-27-17)16(25)13(14)19;1-2/h2-4,7-8,20,23H,5-6H2,1H3,(H,21,24);1-2H3. The van der Waals surface area contributed by atoms with Crippen LogP contribution in [0.15, 0.2) is 34.6 Å². The largest absolute Gasteiger partial charge is 0.394 e. The fourth-order valence-corrected chi connectivity index (χ4v) is 3.33. The van der Waals surface area contributed by atoms with E-state index >= 15 is 0 Å². The Morgan fingerprint density at radius 1 is 1.31 bits per heavy atom. The quantitative estimate of drug-likeness (QED) is 0.416. The lowest BCUT2D eigenvalue weighted by Crippen LogP contribution is -2.29. The van der Waals surface area contributed by atoms with Gasteiger partial charge in [0.05, 0.1) is 24.6 Å². The first-order valence-corrected chi connectivity index (χ1v) is 9.69. The number of aliphatic hydroxyl groups excluding tert-OH is 1. The number of amides is 1. The number of hydroxylamine groups is 1. The number of carbonyl (C=O) groups excluding carboxylic acids is 1. The van der Waals surface area contributed by atoms with Crippen LogP contribution in [-0.2, 0) is 4.84 Å². The molecule has 0 aliphatic heterocycles. The number of thiazole rings is 1. The van der Waals surface area contributed by atoms with E-state index in [1.807, 2.05) is 13.8 Å². The molecule has 0 bridgehead atoms. The third-order valence-corrected chi connectivity index (χ3v) is 4.55. The summed E-state index contributed by atoms with van der Waals surface area (Å²) in [5.74, 6) is -2.75. The number of aryl methyl sites for hydroxylation is 1. The van der Waals surface area contributed by atoms with E-state index in [-0.39, 0.29) is 29.3 Å². The van der Waals surface area contributed by atoms with Gasteiger partial charge in [-0.25, -0.2) is 9.87 Å². The number of aliphatic hydroxyl groups is 1. The maximum absolute atomic E-state index is 14.7. The van der Waals surface area contributed by atoms with Crippen LogP contribution in [0.25, 0.3) is 4.83 Å². The molecule has 10 heteroatoms. The highest BCUT2D eigenvalue weighted by Gasteiger charge is 2.25. The Kier molecular flexibility index (Phi) is 7.82. The highest BCUT2D eigenvalue weighted by molar-refractivity contribution is 7.16. The van der Waals surface area contributed by atoms with Gasteiger partial charge < -0.3 is 10.4 Å². The summed E-state index contributed by atoms with van der Waals surface area (Å²) in [4.78, 5) is 29.7. The number of pyridine rings is 1. The number of hydrogen-bond acceptors (Lipinski definition) is 6. The number of aromatic nitrogens is 1. The van der Waals surface area contributed by atoms with Crippen LogP contribution in [0, 0.1) is 18.6 Å². The summed E-state index contributed by atoms with van der Waals surface area (Å²) >= 11 is 1.03. The number of anilines is 2. The normalized spacial score (nSPS) is 10.4. The van der Waals surface area contributed by atoms with E-state index in [1.54, 1.807) is 13.0 Å². The van der Waals surface area contributed by atoms with Gasteiger partial charge in [0, 0.05) is 11.6 Å². The molecule has 3 aromatic rings. The zero-order valence-corrected chi connectivity index (χ0v) is 16.9. The van der Waals surface area contributed by atoms with Crippen LogP contribution in [0.2, 0.25) is 0 Å². The van der Waals surface area contributed by atoms with E-state index in [4.69, 9.17) is 9.94 Å². The van der Waals surface area contributed by atoms with Crippen molar-refractivity contribution in [3.05, 3.63) is 62.9 Å². The molecular weight excluding hydrogens is 404 g/mol. The Labute approximate surface area is 169 Å². The number of halogens is 2. The van der Waals surface area contributed by atoms with Crippen molar-refractivity contribution in [1.29, 1.82) is 0 Å². The van der Waals surface area contributed by atoms with E-state index in [2.05, 4.69) is 10.8 Å². The lowest BCUT2D eigenvalue weighted by atomic mass is 10.1. The Hall–Kier alpha value is -2.82. The molecule has 7 nitrogen and oxygen atoms in total. The maximum Gasteiger partial charge on any atom is 0.293 e. The van der Waals surface area contributed by atoms with E-state index in [9.17, 15) is 18.4 Å². The maximum atomic E-state index is 14.7. The topological polar surface area (TPSA) is 92.1 Å². The first-order chi connectivity index (χ1) is 13.9. The van der Waals surface area contributed by atoms with Gasteiger partial charge in [0.2, 0.25) is 5.82 Å². The number of carbonyl (C=O) groups is 1. The molecule has 2 aromatic heterocycles. The molecule has 0 spiro atoms. The van der Waals surface area contributed by atoms with Gasteiger partial charge in [-0.15, -0.1) is 11.3 Å². The second kappa shape index (κ2) is 10.1. The van der Waals surface area contributed by atoms with Gasteiger partial charge in [-0.3, -0.25) is 18.8 Å². The molecule has 29 heavy (non-hydrogen) atoms. The molecule has 0 radical (unpaired) electrons. The van der Waals surface area contributed by atoms with E-state index in [0.29, 0.717) is 5.56 Å². The predicted molar refractivity (Wildman–Crippen MR) is 108 cm³/mol. The van der Waals surface area contributed by atoms with E-state index < -0.39 is 28.8 Å². The third-order valence-electron chi connectivity index (χ3n) is 3.67. The van der Waals surface area contributed by atoms with Crippen molar-refractivity contribution in [1.82, 2.24) is 9.88 Å². The molecule has 0 saturated carbocycles. The molecule has 0 fully saturated rings. The Morgan fingerprint density at radius 2 is 2.03 bits per heavy atom. The minimum Gasteiger partial charge on any atom is -0.394 e. The number of rotatable bonds is 6. The van der Waals surface area contributed by atoms with Crippen molar-refractivity contribution in [3.8, 4) is 0 Å². The summed E-state index contributed by atoms with van der Waals surface area (Å²) in [5, 5.41) is 12.8. The fraction of sp³-hybridized carbons (Fsp3) is 0.263. The van der Waals surface area contributed by atoms with Gasteiger partial charge in [0.1, 0.15) is 16.2 Å². The summed E-state index contributed by atoms with van der Waals surface area (Å²) in [6.45, 7) is 5.18. The van der Waals surface area contributed by atoms with Crippen molar-refractivity contribution >= 4 is 33.4 Å². The van der Waals surface area contributed by atoms with Crippen LogP contribution in [0.4, 0.5) is 20.2 Å². The number of benzene rings is 1. The first-order valence-electron chi connectivity index (χ1n) is 8.81. The third kappa shape index (κ3) is 4.78. The van der Waals surface area contributed by atoms with Crippen LogP contribution in [0.3, 0.4) is 0 Å². The molecule has 0 saturated heterocycles. The second-order valence-electron chi connectivity index (χ2n) is 5.56. The van der Waals surface area contributed by atoms with Crippen molar-refractivity contribution in [2.45, 2.75) is 20.8 Å². The zero-order valence-electron chi connectivity index (χ0n) is 16.1. The monoisotopic (exact) mass is 425 g/mol. The molecule has 0 aliphatic carbocycles. The first kappa shape index (κ1) is 22.5. The lowest BCUT2D eigenvalue weighted by Gasteiger charge is -2.15. The van der Waals surface area contributed by atoms with Crippen LogP contribution in [-0.4, -0.2) is 28.6 Å². The predicted octanol–water partition coefficient (Wildman–Crippen LogP) is 3.37. The molecule has 0 unspecified atom stereocenters. The van der Waals surface area contributed by atoms with Gasteiger partial charge in [-0.05, 0) is 24.6 Å². The van der Waals surface area contributed by atoms with Gasteiger partial charge in [-0.2, -0.15) is 4.39 Å². The summed E-state index contributed by atoms with van der Waals surface area (Å²) in [6.07, 6.45) is 1.33. The highest BCUT2D eigenvalue weighted by atomic mass is 32.1. The number of hydrogen-bond donors (Lipinski definition) is 3. The molecule has 3 rings (SSSR count). The van der Waals surface area contributed by atoms with E-state index in [0.717, 1.165) is 15.7 Å². The Morgan fingerprint density at radius 3 is 2.69 bits per heavy atom. The Bertz CT molecular complexity index is 1070. The van der Waals surface area contributed by atoms with Crippen LogP contribution in [0.5, 0.6) is 0 Å². The molecule has 2 heterocycles. The summed E-state index contributed by atoms with van der Waals surface area (Å²) in [5.41, 5.74) is 0.971. The summed E-state index contributed by atoms with van der Waals surface area (Å²) < 4.78 is 29.9. The van der Waals surface area contributed by atoms with Crippen LogP contribution < -0.4 is 16.4 Å². The zero-order chi connectivity index (χ0) is 21.6. The average molecular weight is 425 g/mol. The minimum absolute atomic E-state index is 0.0925. The fourth-order valence-electron chi connectivity index (χ4n) is 2.45. The smallest absolute Gasteiger partial charge is 0.293 e. The minimum atomic E-state index is -1.24. The van der Waals surface area contributed by atoms with Crippen molar-refractivity contribution in [3.63, 3.8) is 0 Å². The molecule has 1 aromatic carbocycles. The molecule has 3 N–H and O–H groups in total. The Balaban J connectivity index is 0.00000145. The second-order valence-corrected chi connectivity index (χ2v) is 6.45. The molecule has 156 valence electrons. The molecule has 0 aliphatic rings. The summed E-state index contributed by atoms with van der Waals surface area (Å²) in [6, 6.07) is 4.22. The van der Waals surface area contributed by atoms with Crippen molar-refractivity contribution in [2.75, 3.05) is 18.5 Å². The molecule has 0 atom stereocenters. The SMILES string of the molecule is CC.Cc1ccc(Nc2c(F)c(=O)n3ccsc3c2C(=O)NOCCO)c(F)c1. The average Bonchev–Trinajstić information content (AvgIpc) is 3.19. The van der Waals surface area contributed by atoms with Gasteiger partial charge >= 0.3 is 0 Å². The number of fused-ring (bicyclic) bond motifs is 1. The molecule has 1 amide bonds. The van der Waals surface area contributed by atoms with Crippen molar-refractivity contribution in [2.24, 2.45) is 0 Å². The van der Waals surface area contributed by atoms with E-state index in [1.165, 1.54) is 23.7 Å². The van der Waals surface area contributed by atoms with Gasteiger partial charge in [0.25, 0.3) is 11.5 Å². The number of nitrogens with zero attached hydrogens (tertiary/aromatic N) is 1. The van der Waals surface area contributed by atoms with Gasteiger partial charge in [0.15, 0.2) is 0 Å².